The first-order valence-corrected chi connectivity index (χ1v) is 7.12. The fourth-order valence-electron chi connectivity index (χ4n) is 1.58. The van der Waals surface area contributed by atoms with Gasteiger partial charge in [-0.1, -0.05) is 18.2 Å². The number of hydrogen-bond donors (Lipinski definition) is 3. The van der Waals surface area contributed by atoms with E-state index < -0.39 is 5.54 Å². The Balaban J connectivity index is 2.30. The second kappa shape index (κ2) is 6.76. The average Bonchev–Trinajstić information content (AvgIpc) is 2.69. The Morgan fingerprint density at radius 3 is 2.74 bits per heavy atom. The normalized spacial score (nSPS) is 14.3. The molecule has 0 aliphatic heterocycles. The molecule has 1 atom stereocenters. The molecule has 0 aromatic carbocycles. The molecule has 7 nitrogen and oxygen atoms in total. The summed E-state index contributed by atoms with van der Waals surface area (Å²) in [5.41, 5.74) is 4.49. The molecule has 1 unspecified atom stereocenters. The molecule has 8 heteroatoms. The van der Waals surface area contributed by atoms with Crippen molar-refractivity contribution in [2.24, 2.45) is 12.8 Å². The van der Waals surface area contributed by atoms with Crippen molar-refractivity contribution in [1.82, 2.24) is 20.1 Å². The van der Waals surface area contributed by atoms with E-state index in [-0.39, 0.29) is 11.6 Å². The third-order valence-electron chi connectivity index (χ3n) is 3.24. The van der Waals surface area contributed by atoms with Crippen molar-refractivity contribution in [3.05, 3.63) is 10.5 Å². The SMILES string of the molecule is CNC(C)(CCCCSc1n[nH]c(=O)n1C)C(N)=O. The predicted octanol–water partition coefficient (Wildman–Crippen LogP) is -0.166. The van der Waals surface area contributed by atoms with Crippen LogP contribution in [0.3, 0.4) is 0 Å². The first kappa shape index (κ1) is 15.8. The smallest absolute Gasteiger partial charge is 0.343 e. The van der Waals surface area contributed by atoms with Gasteiger partial charge in [-0.05, 0) is 26.8 Å². The maximum atomic E-state index is 11.3. The van der Waals surface area contributed by atoms with Gasteiger partial charge < -0.3 is 11.1 Å². The summed E-state index contributed by atoms with van der Waals surface area (Å²) in [6.07, 6.45) is 2.50. The van der Waals surface area contributed by atoms with Crippen LogP contribution in [0.4, 0.5) is 0 Å². The third-order valence-corrected chi connectivity index (χ3v) is 4.35. The molecule has 19 heavy (non-hydrogen) atoms. The fraction of sp³-hybridized carbons (Fsp3) is 0.727. The van der Waals surface area contributed by atoms with Crippen molar-refractivity contribution in [3.8, 4) is 0 Å². The second-order valence-electron chi connectivity index (χ2n) is 4.62. The van der Waals surface area contributed by atoms with Gasteiger partial charge in [0.05, 0.1) is 5.54 Å². The summed E-state index contributed by atoms with van der Waals surface area (Å²) < 4.78 is 1.48. The molecule has 0 saturated heterocycles. The lowest BCUT2D eigenvalue weighted by Gasteiger charge is -2.25. The molecule has 108 valence electrons. The summed E-state index contributed by atoms with van der Waals surface area (Å²) in [4.78, 5) is 22.4. The van der Waals surface area contributed by atoms with E-state index in [1.54, 1.807) is 21.0 Å². The lowest BCUT2D eigenvalue weighted by atomic mass is 9.94. The molecule has 1 aromatic heterocycles. The van der Waals surface area contributed by atoms with Crippen molar-refractivity contribution in [2.45, 2.75) is 36.9 Å². The van der Waals surface area contributed by atoms with E-state index in [1.807, 2.05) is 0 Å². The topological polar surface area (TPSA) is 106 Å². The highest BCUT2D eigenvalue weighted by atomic mass is 32.2. The monoisotopic (exact) mass is 287 g/mol. The number of nitrogens with two attached hydrogens (primary N) is 1. The summed E-state index contributed by atoms with van der Waals surface area (Å²) in [7, 11) is 3.42. The Hall–Kier alpha value is -1.28. The molecule has 4 N–H and O–H groups in total. The third kappa shape index (κ3) is 4.10. The number of likely N-dealkylation sites (N-methyl/N-ethyl adjacent to an activating group) is 1. The Kier molecular flexibility index (Phi) is 5.61. The number of unbranched alkanes of at least 4 members (excludes halogenated alkanes) is 1. The number of rotatable bonds is 8. The van der Waals surface area contributed by atoms with Gasteiger partial charge in [-0.3, -0.25) is 9.36 Å². The molecule has 1 aromatic rings. The van der Waals surface area contributed by atoms with Gasteiger partial charge in [-0.25, -0.2) is 9.89 Å². The largest absolute Gasteiger partial charge is 0.368 e. The fourth-order valence-corrected chi connectivity index (χ4v) is 2.49. The lowest BCUT2D eigenvalue weighted by molar-refractivity contribution is -0.123. The van der Waals surface area contributed by atoms with Crippen molar-refractivity contribution in [1.29, 1.82) is 0 Å². The van der Waals surface area contributed by atoms with E-state index in [0.717, 1.165) is 18.6 Å². The number of nitrogens with one attached hydrogen (secondary N) is 2. The summed E-state index contributed by atoms with van der Waals surface area (Å²) in [6, 6.07) is 0. The highest BCUT2D eigenvalue weighted by Crippen LogP contribution is 2.18. The van der Waals surface area contributed by atoms with E-state index in [4.69, 9.17) is 5.73 Å². The average molecular weight is 287 g/mol. The quantitative estimate of drug-likeness (QED) is 0.455. The number of primary amides is 1. The lowest BCUT2D eigenvalue weighted by Crippen LogP contribution is -2.51. The molecule has 1 amide bonds. The highest BCUT2D eigenvalue weighted by molar-refractivity contribution is 7.99. The van der Waals surface area contributed by atoms with Gasteiger partial charge in [-0.15, -0.1) is 5.10 Å². The molecule has 1 heterocycles. The Morgan fingerprint density at radius 1 is 1.58 bits per heavy atom. The number of thioether (sulfide) groups is 1. The molecule has 0 aliphatic rings. The van der Waals surface area contributed by atoms with E-state index >= 15 is 0 Å². The zero-order chi connectivity index (χ0) is 14.5. The maximum Gasteiger partial charge on any atom is 0.343 e. The Labute approximate surface area is 116 Å². The molecule has 0 radical (unpaired) electrons. The van der Waals surface area contributed by atoms with Gasteiger partial charge in [0.15, 0.2) is 5.16 Å². The van der Waals surface area contributed by atoms with Crippen LogP contribution in [0.5, 0.6) is 0 Å². The standard InChI is InChI=1S/C11H21N5O2S/c1-11(13-2,8(12)17)6-4-5-7-19-10-15-14-9(18)16(10)3/h13H,4-7H2,1-3H3,(H2,12,17)(H,14,18). The minimum atomic E-state index is -0.649. The van der Waals surface area contributed by atoms with Crippen LogP contribution in [0, 0.1) is 0 Å². The first-order chi connectivity index (χ1) is 8.90. The van der Waals surface area contributed by atoms with Crippen molar-refractivity contribution in [3.63, 3.8) is 0 Å². The van der Waals surface area contributed by atoms with Crippen molar-refractivity contribution >= 4 is 17.7 Å². The Bertz CT molecular complexity index is 484. The van der Waals surface area contributed by atoms with Crippen LogP contribution >= 0.6 is 11.8 Å². The number of amides is 1. The van der Waals surface area contributed by atoms with Gasteiger partial charge in [0.2, 0.25) is 5.91 Å². The molecule has 0 fully saturated rings. The van der Waals surface area contributed by atoms with Crippen LogP contribution in [0.2, 0.25) is 0 Å². The van der Waals surface area contributed by atoms with E-state index in [0.29, 0.717) is 11.6 Å². The number of aromatic nitrogens is 3. The summed E-state index contributed by atoms with van der Waals surface area (Å²) in [5.74, 6) is 0.508. The minimum absolute atomic E-state index is 0.209. The molecule has 0 spiro atoms. The molecular formula is C11H21N5O2S. The van der Waals surface area contributed by atoms with Gasteiger partial charge in [0.25, 0.3) is 0 Å². The molecule has 0 bridgehead atoms. The molecule has 0 saturated carbocycles. The van der Waals surface area contributed by atoms with Gasteiger partial charge in [-0.2, -0.15) is 0 Å². The summed E-state index contributed by atoms with van der Waals surface area (Å²) >= 11 is 1.52. The van der Waals surface area contributed by atoms with E-state index in [1.165, 1.54) is 16.3 Å². The van der Waals surface area contributed by atoms with Crippen LogP contribution < -0.4 is 16.7 Å². The molecular weight excluding hydrogens is 266 g/mol. The number of carbonyl (C=O) groups excluding carboxylic acids is 1. The van der Waals surface area contributed by atoms with Crippen molar-refractivity contribution in [2.75, 3.05) is 12.8 Å². The number of carbonyl (C=O) groups is 1. The summed E-state index contributed by atoms with van der Waals surface area (Å²) in [5, 5.41) is 9.93. The molecule has 0 aliphatic carbocycles. The summed E-state index contributed by atoms with van der Waals surface area (Å²) in [6.45, 7) is 1.81. The Morgan fingerprint density at radius 2 is 2.26 bits per heavy atom. The number of H-pyrrole nitrogens is 1. The van der Waals surface area contributed by atoms with E-state index in [2.05, 4.69) is 15.5 Å². The zero-order valence-electron chi connectivity index (χ0n) is 11.5. The van der Waals surface area contributed by atoms with Crippen LogP contribution in [0.25, 0.3) is 0 Å². The van der Waals surface area contributed by atoms with Crippen molar-refractivity contribution < 1.29 is 4.79 Å². The van der Waals surface area contributed by atoms with Crippen LogP contribution in [-0.2, 0) is 11.8 Å². The van der Waals surface area contributed by atoms with Gasteiger partial charge in [0, 0.05) is 12.8 Å². The van der Waals surface area contributed by atoms with Gasteiger partial charge in [0.1, 0.15) is 0 Å². The zero-order valence-corrected chi connectivity index (χ0v) is 12.3. The van der Waals surface area contributed by atoms with Crippen LogP contribution in [0.1, 0.15) is 26.2 Å². The highest BCUT2D eigenvalue weighted by Gasteiger charge is 2.27. The minimum Gasteiger partial charge on any atom is -0.368 e. The van der Waals surface area contributed by atoms with Crippen LogP contribution in [0.15, 0.2) is 9.95 Å². The van der Waals surface area contributed by atoms with Gasteiger partial charge >= 0.3 is 5.69 Å². The van der Waals surface area contributed by atoms with E-state index in [9.17, 15) is 9.59 Å². The number of aromatic amines is 1. The molecule has 1 rings (SSSR count). The van der Waals surface area contributed by atoms with Crippen LogP contribution in [-0.4, -0.2) is 39.0 Å². The number of nitrogens with zero attached hydrogens (tertiary/aromatic N) is 2. The predicted molar refractivity (Wildman–Crippen MR) is 75.1 cm³/mol. The maximum absolute atomic E-state index is 11.3. The number of hydrogen-bond acceptors (Lipinski definition) is 5. The first-order valence-electron chi connectivity index (χ1n) is 6.13. The second-order valence-corrected chi connectivity index (χ2v) is 5.68.